The van der Waals surface area contributed by atoms with Gasteiger partial charge in [-0.05, 0) is 41.2 Å². The van der Waals surface area contributed by atoms with Crippen LogP contribution >= 0.6 is 0 Å². The fourth-order valence-corrected chi connectivity index (χ4v) is 7.66. The zero-order valence-electron chi connectivity index (χ0n) is 17.1. The van der Waals surface area contributed by atoms with Gasteiger partial charge in [0.1, 0.15) is 4.75 Å². The lowest BCUT2D eigenvalue weighted by molar-refractivity contribution is 0.569. The molecule has 0 aromatic heterocycles. The number of benzene rings is 4. The second-order valence-electron chi connectivity index (χ2n) is 8.16. The van der Waals surface area contributed by atoms with E-state index in [-0.39, 0.29) is 11.8 Å². The molecule has 1 unspecified atom stereocenters. The van der Waals surface area contributed by atoms with E-state index in [1.54, 1.807) is 24.3 Å². The van der Waals surface area contributed by atoms with Crippen LogP contribution in [0.25, 0.3) is 0 Å². The van der Waals surface area contributed by atoms with E-state index in [0.29, 0.717) is 11.3 Å². The third kappa shape index (κ3) is 3.21. The third-order valence-corrected chi connectivity index (χ3v) is 9.06. The lowest BCUT2D eigenvalue weighted by Crippen LogP contribution is -2.25. The van der Waals surface area contributed by atoms with Gasteiger partial charge in [-0.3, -0.25) is 0 Å². The van der Waals surface area contributed by atoms with E-state index in [0.717, 1.165) is 16.7 Å². The molecular formula is C28H24O2S. The van der Waals surface area contributed by atoms with Gasteiger partial charge in [0.2, 0.25) is 0 Å². The van der Waals surface area contributed by atoms with Crippen LogP contribution in [0.15, 0.2) is 126 Å². The summed E-state index contributed by atoms with van der Waals surface area (Å²) in [5.74, 6) is -0.161. The van der Waals surface area contributed by atoms with Crippen molar-refractivity contribution in [3.63, 3.8) is 0 Å². The van der Waals surface area contributed by atoms with Crippen LogP contribution in [0, 0.1) is 5.92 Å². The number of hydrogen-bond donors (Lipinski definition) is 0. The molecule has 0 saturated heterocycles. The van der Waals surface area contributed by atoms with Gasteiger partial charge in [0.05, 0.1) is 4.90 Å². The third-order valence-electron chi connectivity index (χ3n) is 6.49. The maximum absolute atomic E-state index is 14.3. The lowest BCUT2D eigenvalue weighted by Gasteiger charge is -2.21. The van der Waals surface area contributed by atoms with Crippen molar-refractivity contribution in [2.75, 3.05) is 0 Å². The molecule has 4 aromatic carbocycles. The predicted molar refractivity (Wildman–Crippen MR) is 125 cm³/mol. The highest BCUT2D eigenvalue weighted by molar-refractivity contribution is 7.92. The van der Waals surface area contributed by atoms with Crippen molar-refractivity contribution in [2.45, 2.75) is 22.0 Å². The summed E-state index contributed by atoms with van der Waals surface area (Å²) < 4.78 is 27.6. The summed E-state index contributed by atoms with van der Waals surface area (Å²) in [6, 6.07) is 39.0. The van der Waals surface area contributed by atoms with Crippen LogP contribution in [-0.2, 0) is 21.0 Å². The molecule has 2 nitrogen and oxygen atoms in total. The fraction of sp³-hybridized carbons (Fsp3) is 0.143. The van der Waals surface area contributed by atoms with E-state index in [1.807, 2.05) is 72.8 Å². The Labute approximate surface area is 184 Å². The molecule has 0 bridgehead atoms. The van der Waals surface area contributed by atoms with Gasteiger partial charge in [-0.15, -0.1) is 0 Å². The maximum atomic E-state index is 14.3. The van der Waals surface area contributed by atoms with Gasteiger partial charge in [0.15, 0.2) is 9.84 Å². The SMILES string of the molecule is O=S(=O)(c1ccccc1)[C@@]1(c2ccccc2)C(Cc2ccccc2)[C@@H]1c1ccccc1. The number of rotatable bonds is 6. The van der Waals surface area contributed by atoms with Gasteiger partial charge < -0.3 is 0 Å². The van der Waals surface area contributed by atoms with Gasteiger partial charge in [0, 0.05) is 5.92 Å². The van der Waals surface area contributed by atoms with Crippen LogP contribution in [0.4, 0.5) is 0 Å². The van der Waals surface area contributed by atoms with Gasteiger partial charge in [-0.2, -0.15) is 0 Å². The minimum Gasteiger partial charge on any atom is -0.223 e. The highest BCUT2D eigenvalue weighted by Crippen LogP contribution is 2.70. The minimum atomic E-state index is -3.65. The van der Waals surface area contributed by atoms with Crippen LogP contribution in [0.5, 0.6) is 0 Å². The minimum absolute atomic E-state index is 0.0510. The van der Waals surface area contributed by atoms with Crippen molar-refractivity contribution < 1.29 is 8.42 Å². The maximum Gasteiger partial charge on any atom is 0.189 e. The average molecular weight is 425 g/mol. The van der Waals surface area contributed by atoms with Crippen molar-refractivity contribution in [1.29, 1.82) is 0 Å². The molecule has 0 spiro atoms. The summed E-state index contributed by atoms with van der Waals surface area (Å²) in [4.78, 5) is 0.385. The first kappa shape index (κ1) is 19.8. The molecule has 1 saturated carbocycles. The predicted octanol–water partition coefficient (Wildman–Crippen LogP) is 6.01. The Balaban J connectivity index is 1.73. The Morgan fingerprint density at radius 2 is 1.10 bits per heavy atom. The van der Waals surface area contributed by atoms with Gasteiger partial charge in [-0.1, -0.05) is 109 Å². The van der Waals surface area contributed by atoms with E-state index in [2.05, 4.69) is 24.3 Å². The second-order valence-corrected chi connectivity index (χ2v) is 10.3. The lowest BCUT2D eigenvalue weighted by atomic mass is 10.0. The normalized spacial score (nSPS) is 22.7. The molecule has 1 fully saturated rings. The van der Waals surface area contributed by atoms with Gasteiger partial charge in [-0.25, -0.2) is 8.42 Å². The zero-order valence-corrected chi connectivity index (χ0v) is 18.0. The van der Waals surface area contributed by atoms with Gasteiger partial charge >= 0.3 is 0 Å². The summed E-state index contributed by atoms with van der Waals surface area (Å²) in [6.07, 6.45) is 0.710. The van der Waals surface area contributed by atoms with E-state index in [1.165, 1.54) is 0 Å². The first-order chi connectivity index (χ1) is 15.2. The zero-order chi connectivity index (χ0) is 21.3. The number of sulfone groups is 1. The molecule has 1 aliphatic carbocycles. The van der Waals surface area contributed by atoms with Crippen molar-refractivity contribution in [3.8, 4) is 0 Å². The largest absolute Gasteiger partial charge is 0.223 e. The average Bonchev–Trinajstić information content (AvgIpc) is 3.51. The van der Waals surface area contributed by atoms with Crippen LogP contribution in [0.3, 0.4) is 0 Å². The van der Waals surface area contributed by atoms with Crippen molar-refractivity contribution in [3.05, 3.63) is 138 Å². The molecule has 3 atom stereocenters. The van der Waals surface area contributed by atoms with E-state index < -0.39 is 14.6 Å². The van der Waals surface area contributed by atoms with E-state index in [4.69, 9.17) is 0 Å². The van der Waals surface area contributed by atoms with E-state index in [9.17, 15) is 8.42 Å². The smallest absolute Gasteiger partial charge is 0.189 e. The Morgan fingerprint density at radius 3 is 1.68 bits per heavy atom. The topological polar surface area (TPSA) is 34.1 Å². The van der Waals surface area contributed by atoms with Crippen molar-refractivity contribution in [2.24, 2.45) is 5.92 Å². The van der Waals surface area contributed by atoms with Gasteiger partial charge in [0.25, 0.3) is 0 Å². The summed E-state index contributed by atoms with van der Waals surface area (Å²) >= 11 is 0. The van der Waals surface area contributed by atoms with Crippen molar-refractivity contribution >= 4 is 9.84 Å². The summed E-state index contributed by atoms with van der Waals surface area (Å²) in [5, 5.41) is 0. The first-order valence-electron chi connectivity index (χ1n) is 10.6. The molecule has 0 radical (unpaired) electrons. The standard InChI is InChI=1S/C28H24O2S/c29-31(30,25-19-11-4-12-20-25)28(24-17-9-3-10-18-24)26(21-22-13-5-1-6-14-22)27(28)23-15-7-2-8-16-23/h1-20,26-27H,21H2/t26?,27-,28-/m0/s1. The summed E-state index contributed by atoms with van der Waals surface area (Å²) in [6.45, 7) is 0. The molecule has 0 N–H and O–H groups in total. The second kappa shape index (κ2) is 7.82. The highest BCUT2D eigenvalue weighted by atomic mass is 32.2. The fourth-order valence-electron chi connectivity index (χ4n) is 5.12. The summed E-state index contributed by atoms with van der Waals surface area (Å²) in [5.41, 5.74) is 3.11. The highest BCUT2D eigenvalue weighted by Gasteiger charge is 2.73. The Kier molecular flexibility index (Phi) is 4.99. The van der Waals surface area contributed by atoms with Crippen molar-refractivity contribution in [1.82, 2.24) is 0 Å². The molecule has 3 heteroatoms. The molecule has 0 aliphatic heterocycles. The van der Waals surface area contributed by atoms with Crippen LogP contribution < -0.4 is 0 Å². The molecule has 0 heterocycles. The quantitative estimate of drug-likeness (QED) is 0.380. The van der Waals surface area contributed by atoms with Crippen LogP contribution in [0.2, 0.25) is 0 Å². The van der Waals surface area contributed by atoms with E-state index >= 15 is 0 Å². The molecule has 154 valence electrons. The molecule has 4 aromatic rings. The number of hydrogen-bond acceptors (Lipinski definition) is 2. The van der Waals surface area contributed by atoms with Crippen LogP contribution in [-0.4, -0.2) is 8.42 Å². The molecular weight excluding hydrogens is 400 g/mol. The Morgan fingerprint density at radius 1 is 0.613 bits per heavy atom. The Hall–Kier alpha value is -3.17. The monoisotopic (exact) mass is 424 g/mol. The Bertz CT molecular complexity index is 1250. The van der Waals surface area contributed by atoms with Crippen LogP contribution in [0.1, 0.15) is 22.6 Å². The first-order valence-corrected chi connectivity index (χ1v) is 12.1. The molecule has 5 rings (SSSR count). The summed E-state index contributed by atoms with van der Waals surface area (Å²) in [7, 11) is -3.65. The molecule has 0 amide bonds. The molecule has 31 heavy (non-hydrogen) atoms. The molecule has 1 aliphatic rings.